The van der Waals surface area contributed by atoms with Crippen LogP contribution >= 0.6 is 0 Å². The molecule has 0 aromatic heterocycles. The molecule has 0 atom stereocenters. The molecular weight excluding hydrogens is 380 g/mol. The molecular formula is C20H24N2O5S. The molecule has 0 bridgehead atoms. The Morgan fingerprint density at radius 3 is 2.11 bits per heavy atom. The van der Waals surface area contributed by atoms with Gasteiger partial charge in [0.05, 0.1) is 16.1 Å². The number of anilines is 1. The van der Waals surface area contributed by atoms with Crippen molar-refractivity contribution in [1.82, 2.24) is 5.32 Å². The lowest BCUT2D eigenvalue weighted by molar-refractivity contribution is -0.125. The van der Waals surface area contributed by atoms with E-state index in [2.05, 4.69) is 5.32 Å². The smallest absolute Gasteiger partial charge is 0.338 e. The fourth-order valence-electron chi connectivity index (χ4n) is 2.37. The molecule has 0 aliphatic rings. The highest BCUT2D eigenvalue weighted by molar-refractivity contribution is 7.92. The van der Waals surface area contributed by atoms with Crippen molar-refractivity contribution in [3.05, 3.63) is 60.2 Å². The number of sulfonamides is 1. The van der Waals surface area contributed by atoms with Crippen molar-refractivity contribution in [2.24, 2.45) is 0 Å². The second-order valence-electron chi connectivity index (χ2n) is 7.21. The maximum Gasteiger partial charge on any atom is 0.338 e. The van der Waals surface area contributed by atoms with Gasteiger partial charge in [0.15, 0.2) is 6.61 Å². The summed E-state index contributed by atoms with van der Waals surface area (Å²) < 4.78 is 31.6. The van der Waals surface area contributed by atoms with E-state index in [4.69, 9.17) is 4.74 Å². The van der Waals surface area contributed by atoms with Crippen LogP contribution in [0.5, 0.6) is 0 Å². The van der Waals surface area contributed by atoms with Crippen LogP contribution in [0.15, 0.2) is 59.5 Å². The number of rotatable bonds is 6. The van der Waals surface area contributed by atoms with Crippen LogP contribution in [0.1, 0.15) is 31.1 Å². The maximum atomic E-state index is 12.7. The number of nitrogens with zero attached hydrogens (tertiary/aromatic N) is 1. The summed E-state index contributed by atoms with van der Waals surface area (Å²) in [7, 11) is -2.30. The molecule has 0 aliphatic carbocycles. The molecule has 2 aromatic rings. The number of esters is 1. The summed E-state index contributed by atoms with van der Waals surface area (Å²) in [6.07, 6.45) is 0. The summed E-state index contributed by atoms with van der Waals surface area (Å²) in [5, 5.41) is 2.68. The first-order chi connectivity index (χ1) is 13.0. The summed E-state index contributed by atoms with van der Waals surface area (Å²) in [6, 6.07) is 14.0. The largest absolute Gasteiger partial charge is 0.452 e. The second-order valence-corrected chi connectivity index (χ2v) is 9.18. The van der Waals surface area contributed by atoms with Crippen LogP contribution in [0, 0.1) is 0 Å². The molecule has 0 saturated heterocycles. The van der Waals surface area contributed by atoms with Crippen molar-refractivity contribution in [2.75, 3.05) is 18.0 Å². The van der Waals surface area contributed by atoms with Gasteiger partial charge in [-0.25, -0.2) is 13.2 Å². The predicted molar refractivity (Wildman–Crippen MR) is 107 cm³/mol. The van der Waals surface area contributed by atoms with Crippen molar-refractivity contribution in [2.45, 2.75) is 31.2 Å². The number of nitrogens with one attached hydrogen (secondary N) is 1. The molecule has 0 radical (unpaired) electrons. The molecule has 0 fully saturated rings. The SMILES string of the molecule is CN(c1ccccc1)S(=O)(=O)c1ccc(C(=O)OCC(=O)NC(C)(C)C)cc1. The molecule has 0 saturated carbocycles. The van der Waals surface area contributed by atoms with Gasteiger partial charge in [0.25, 0.3) is 15.9 Å². The molecule has 2 aromatic carbocycles. The van der Waals surface area contributed by atoms with Crippen LogP contribution in [-0.4, -0.2) is 39.5 Å². The van der Waals surface area contributed by atoms with E-state index in [0.717, 1.165) is 4.31 Å². The van der Waals surface area contributed by atoms with Crippen molar-refractivity contribution in [3.63, 3.8) is 0 Å². The van der Waals surface area contributed by atoms with E-state index in [1.54, 1.807) is 30.3 Å². The van der Waals surface area contributed by atoms with E-state index in [9.17, 15) is 18.0 Å². The summed E-state index contributed by atoms with van der Waals surface area (Å²) in [5.41, 5.74) is 0.255. The quantitative estimate of drug-likeness (QED) is 0.747. The van der Waals surface area contributed by atoms with Gasteiger partial charge in [-0.3, -0.25) is 9.10 Å². The molecule has 7 nitrogen and oxygen atoms in total. The molecule has 8 heteroatoms. The number of para-hydroxylation sites is 1. The molecule has 0 aliphatic heterocycles. The second kappa shape index (κ2) is 8.43. The van der Waals surface area contributed by atoms with E-state index in [-0.39, 0.29) is 10.5 Å². The van der Waals surface area contributed by atoms with Crippen molar-refractivity contribution in [3.8, 4) is 0 Å². The number of carbonyl (C=O) groups excluding carboxylic acids is 2. The van der Waals surface area contributed by atoms with E-state index in [0.29, 0.717) is 5.69 Å². The topological polar surface area (TPSA) is 92.8 Å². The van der Waals surface area contributed by atoms with Crippen LogP contribution in [-0.2, 0) is 19.6 Å². The molecule has 2 rings (SSSR count). The van der Waals surface area contributed by atoms with Crippen LogP contribution < -0.4 is 9.62 Å². The molecule has 150 valence electrons. The summed E-state index contributed by atoms with van der Waals surface area (Å²) in [6.45, 7) is 5.04. The third-order valence-electron chi connectivity index (χ3n) is 3.72. The van der Waals surface area contributed by atoms with E-state index >= 15 is 0 Å². The molecule has 0 spiro atoms. The van der Waals surface area contributed by atoms with Crippen LogP contribution in [0.2, 0.25) is 0 Å². The zero-order valence-electron chi connectivity index (χ0n) is 16.3. The minimum absolute atomic E-state index is 0.0425. The van der Waals surface area contributed by atoms with Gasteiger partial charge in [-0.15, -0.1) is 0 Å². The lowest BCUT2D eigenvalue weighted by atomic mass is 10.1. The number of ether oxygens (including phenoxy) is 1. The normalized spacial score (nSPS) is 11.6. The van der Waals surface area contributed by atoms with Gasteiger partial charge in [0, 0.05) is 12.6 Å². The number of benzene rings is 2. The molecule has 1 N–H and O–H groups in total. The number of amides is 1. The number of carbonyl (C=O) groups is 2. The number of hydrogen-bond acceptors (Lipinski definition) is 5. The first-order valence-corrected chi connectivity index (χ1v) is 10.1. The monoisotopic (exact) mass is 404 g/mol. The van der Waals surface area contributed by atoms with Crippen molar-refractivity contribution >= 4 is 27.6 Å². The van der Waals surface area contributed by atoms with Crippen LogP contribution in [0.3, 0.4) is 0 Å². The fraction of sp³-hybridized carbons (Fsp3) is 0.300. The van der Waals surface area contributed by atoms with Crippen molar-refractivity contribution in [1.29, 1.82) is 0 Å². The average molecular weight is 404 g/mol. The Morgan fingerprint density at radius 1 is 1.00 bits per heavy atom. The lowest BCUT2D eigenvalue weighted by Crippen LogP contribution is -2.42. The number of hydrogen-bond donors (Lipinski definition) is 1. The summed E-state index contributed by atoms with van der Waals surface area (Å²) in [5.74, 6) is -1.12. The van der Waals surface area contributed by atoms with Gasteiger partial charge in [-0.2, -0.15) is 0 Å². The van der Waals surface area contributed by atoms with Gasteiger partial charge >= 0.3 is 5.97 Å². The molecule has 28 heavy (non-hydrogen) atoms. The van der Waals surface area contributed by atoms with Gasteiger partial charge < -0.3 is 10.1 Å². The highest BCUT2D eigenvalue weighted by Gasteiger charge is 2.22. The predicted octanol–water partition coefficient (Wildman–Crippen LogP) is 2.58. The Bertz CT molecular complexity index is 933. The summed E-state index contributed by atoms with van der Waals surface area (Å²) >= 11 is 0. The lowest BCUT2D eigenvalue weighted by Gasteiger charge is -2.20. The Labute approximate surface area is 165 Å². The highest BCUT2D eigenvalue weighted by Crippen LogP contribution is 2.22. The maximum absolute atomic E-state index is 12.7. The van der Waals surface area contributed by atoms with Gasteiger partial charge in [0.1, 0.15) is 0 Å². The zero-order chi connectivity index (χ0) is 20.9. The zero-order valence-corrected chi connectivity index (χ0v) is 17.1. The highest BCUT2D eigenvalue weighted by atomic mass is 32.2. The van der Waals surface area contributed by atoms with E-state index in [1.807, 2.05) is 20.8 Å². The Balaban J connectivity index is 2.06. The standard InChI is InChI=1S/C20H24N2O5S/c1-20(2,3)21-18(23)14-27-19(24)15-10-12-17(13-11-15)28(25,26)22(4)16-8-6-5-7-9-16/h5-13H,14H2,1-4H3,(H,21,23). The first kappa shape index (κ1) is 21.4. The van der Waals surface area contributed by atoms with Gasteiger partial charge in [0.2, 0.25) is 0 Å². The van der Waals surface area contributed by atoms with Crippen LogP contribution in [0.4, 0.5) is 5.69 Å². The first-order valence-electron chi connectivity index (χ1n) is 8.63. The minimum atomic E-state index is -3.76. The molecule has 0 heterocycles. The Kier molecular flexibility index (Phi) is 6.45. The van der Waals surface area contributed by atoms with Gasteiger partial charge in [-0.1, -0.05) is 18.2 Å². The molecule has 1 amide bonds. The average Bonchev–Trinajstić information content (AvgIpc) is 2.65. The fourth-order valence-corrected chi connectivity index (χ4v) is 3.56. The molecule has 0 unspecified atom stereocenters. The van der Waals surface area contributed by atoms with E-state index < -0.39 is 34.0 Å². The minimum Gasteiger partial charge on any atom is -0.452 e. The Morgan fingerprint density at radius 2 is 1.57 bits per heavy atom. The third-order valence-corrected chi connectivity index (χ3v) is 5.52. The van der Waals surface area contributed by atoms with E-state index in [1.165, 1.54) is 31.3 Å². The summed E-state index contributed by atoms with van der Waals surface area (Å²) in [4.78, 5) is 23.8. The van der Waals surface area contributed by atoms with Gasteiger partial charge in [-0.05, 0) is 57.2 Å². The van der Waals surface area contributed by atoms with Crippen molar-refractivity contribution < 1.29 is 22.7 Å². The third kappa shape index (κ3) is 5.56. The van der Waals surface area contributed by atoms with Crippen LogP contribution in [0.25, 0.3) is 0 Å². The Hall–Kier alpha value is -2.87.